The van der Waals surface area contributed by atoms with Crippen LogP contribution in [0.1, 0.15) is 5.56 Å². The Morgan fingerprint density at radius 2 is 1.67 bits per heavy atom. The molecule has 24 heavy (non-hydrogen) atoms. The highest BCUT2D eigenvalue weighted by atomic mass is 32.1. The van der Waals surface area contributed by atoms with E-state index in [0.717, 1.165) is 34.8 Å². The van der Waals surface area contributed by atoms with Crippen LogP contribution >= 0.6 is 12.6 Å². The third-order valence-corrected chi connectivity index (χ3v) is 3.63. The van der Waals surface area contributed by atoms with Crippen LogP contribution in [0.4, 0.5) is 5.69 Å². The van der Waals surface area contributed by atoms with Gasteiger partial charge in [-0.05, 0) is 48.0 Å². The summed E-state index contributed by atoms with van der Waals surface area (Å²) in [7, 11) is 1.00. The Labute approximate surface area is 147 Å². The van der Waals surface area contributed by atoms with Crippen LogP contribution in [0.25, 0.3) is 0 Å². The number of aliphatic hydroxyl groups excluding tert-OH is 1. The van der Waals surface area contributed by atoms with Crippen molar-refractivity contribution in [1.82, 2.24) is 4.98 Å². The third kappa shape index (κ3) is 5.30. The van der Waals surface area contributed by atoms with Crippen molar-refractivity contribution in [3.05, 3.63) is 78.6 Å². The first kappa shape index (κ1) is 17.8. The fourth-order valence-corrected chi connectivity index (χ4v) is 2.28. The number of thiol groups is 1. The van der Waals surface area contributed by atoms with Gasteiger partial charge in [-0.1, -0.05) is 18.2 Å². The summed E-state index contributed by atoms with van der Waals surface area (Å²) in [6.45, 7) is 0.691. The fraction of sp³-hybridized carbons (Fsp3) is 0.105. The maximum atomic E-state index is 7.00. The number of aliphatic hydroxyl groups is 1. The molecule has 0 saturated heterocycles. The average molecular weight is 340 g/mol. The Morgan fingerprint density at radius 1 is 0.958 bits per heavy atom. The highest BCUT2D eigenvalue weighted by molar-refractivity contribution is 7.80. The van der Waals surface area contributed by atoms with Crippen LogP contribution in [0, 0.1) is 0 Å². The average Bonchev–Trinajstić information content (AvgIpc) is 2.65. The van der Waals surface area contributed by atoms with Gasteiger partial charge < -0.3 is 15.2 Å². The Bertz CT molecular complexity index is 737. The van der Waals surface area contributed by atoms with E-state index in [-0.39, 0.29) is 0 Å². The Kier molecular flexibility index (Phi) is 7.14. The predicted molar refractivity (Wildman–Crippen MR) is 99.9 cm³/mol. The molecular weight excluding hydrogens is 320 g/mol. The molecule has 2 aromatic carbocycles. The monoisotopic (exact) mass is 340 g/mol. The highest BCUT2D eigenvalue weighted by Gasteiger charge is 2.03. The minimum Gasteiger partial charge on any atom is -0.457 e. The van der Waals surface area contributed by atoms with Crippen LogP contribution in [0.3, 0.4) is 0 Å². The summed E-state index contributed by atoms with van der Waals surface area (Å²) < 4.78 is 5.82. The van der Waals surface area contributed by atoms with Gasteiger partial charge in [-0.2, -0.15) is 0 Å². The minimum atomic E-state index is 0.691. The summed E-state index contributed by atoms with van der Waals surface area (Å²) >= 11 is 4.51. The van der Waals surface area contributed by atoms with Crippen LogP contribution in [0.15, 0.2) is 78.0 Å². The summed E-state index contributed by atoms with van der Waals surface area (Å²) in [5.74, 6) is 1.55. The zero-order chi connectivity index (χ0) is 17.2. The summed E-state index contributed by atoms with van der Waals surface area (Å²) in [5.41, 5.74) is 2.16. The number of pyridine rings is 1. The first-order valence-corrected chi connectivity index (χ1v) is 7.89. The van der Waals surface area contributed by atoms with Gasteiger partial charge in [-0.25, -0.2) is 0 Å². The number of para-hydroxylation sites is 1. The minimum absolute atomic E-state index is 0.691. The Balaban J connectivity index is 0.00000100. The second-order valence-electron chi connectivity index (χ2n) is 4.80. The number of anilines is 1. The molecule has 3 rings (SSSR count). The third-order valence-electron chi connectivity index (χ3n) is 3.19. The van der Waals surface area contributed by atoms with E-state index >= 15 is 0 Å². The van der Waals surface area contributed by atoms with Crippen LogP contribution in [0.2, 0.25) is 0 Å². The van der Waals surface area contributed by atoms with Gasteiger partial charge in [0.05, 0.1) is 0 Å². The van der Waals surface area contributed by atoms with Gasteiger partial charge in [0.2, 0.25) is 0 Å². The molecule has 124 valence electrons. The van der Waals surface area contributed by atoms with Gasteiger partial charge in [-0.3, -0.25) is 4.98 Å². The lowest BCUT2D eigenvalue weighted by molar-refractivity contribution is 0.399. The second-order valence-corrected chi connectivity index (χ2v) is 5.28. The van der Waals surface area contributed by atoms with E-state index in [0.29, 0.717) is 6.54 Å². The van der Waals surface area contributed by atoms with Gasteiger partial charge in [0, 0.05) is 36.6 Å². The number of hydrogen-bond acceptors (Lipinski definition) is 5. The molecule has 0 aliphatic carbocycles. The number of nitrogens with zero attached hydrogens (tertiary/aromatic N) is 1. The van der Waals surface area contributed by atoms with E-state index in [2.05, 4.69) is 22.9 Å². The number of ether oxygens (including phenoxy) is 1. The second kappa shape index (κ2) is 9.60. The molecule has 0 fully saturated rings. The molecule has 0 spiro atoms. The van der Waals surface area contributed by atoms with Crippen molar-refractivity contribution in [1.29, 1.82) is 0 Å². The number of rotatable bonds is 5. The van der Waals surface area contributed by atoms with E-state index in [1.54, 1.807) is 12.4 Å². The summed E-state index contributed by atoms with van der Waals surface area (Å²) in [4.78, 5) is 4.92. The maximum Gasteiger partial charge on any atom is 0.130 e. The van der Waals surface area contributed by atoms with E-state index in [4.69, 9.17) is 9.84 Å². The molecule has 0 radical (unpaired) electrons. The normalized spacial score (nSPS) is 9.62. The van der Waals surface area contributed by atoms with Crippen molar-refractivity contribution in [2.45, 2.75) is 11.4 Å². The molecule has 3 aromatic rings. The molecule has 2 N–H and O–H groups in total. The highest BCUT2D eigenvalue weighted by Crippen LogP contribution is 2.25. The van der Waals surface area contributed by atoms with Gasteiger partial charge in [0.1, 0.15) is 11.5 Å². The van der Waals surface area contributed by atoms with Crippen LogP contribution < -0.4 is 10.1 Å². The van der Waals surface area contributed by atoms with E-state index in [1.165, 1.54) is 0 Å². The van der Waals surface area contributed by atoms with Gasteiger partial charge in [-0.15, -0.1) is 12.6 Å². The quantitative estimate of drug-likeness (QED) is 0.603. The van der Waals surface area contributed by atoms with Crippen molar-refractivity contribution >= 4 is 18.3 Å². The largest absolute Gasteiger partial charge is 0.457 e. The predicted octanol–water partition coefficient (Wildman–Crippen LogP) is 4.38. The fourth-order valence-electron chi connectivity index (χ4n) is 2.06. The zero-order valence-corrected chi connectivity index (χ0v) is 14.3. The van der Waals surface area contributed by atoms with Gasteiger partial charge >= 0.3 is 0 Å². The van der Waals surface area contributed by atoms with Gasteiger partial charge in [0.15, 0.2) is 0 Å². The lowest BCUT2D eigenvalue weighted by atomic mass is 10.2. The standard InChI is InChI=1S/C18H16N2OS.CH4O/c22-18-7-6-17(21-16-8-10-19-11-9-16)12-14(18)13-20-15-4-2-1-3-5-15;1-2/h1-12,20,22H,13H2;2H,1H3. The zero-order valence-electron chi connectivity index (χ0n) is 13.4. The summed E-state index contributed by atoms with van der Waals surface area (Å²) in [5, 5.41) is 10.4. The molecule has 0 aliphatic rings. The molecule has 0 aliphatic heterocycles. The molecule has 5 heteroatoms. The van der Waals surface area contributed by atoms with Crippen molar-refractivity contribution in [2.75, 3.05) is 12.4 Å². The summed E-state index contributed by atoms with van der Waals surface area (Å²) in [6.07, 6.45) is 3.42. The Morgan fingerprint density at radius 3 is 2.38 bits per heavy atom. The number of nitrogens with one attached hydrogen (secondary N) is 1. The van der Waals surface area contributed by atoms with E-state index in [9.17, 15) is 0 Å². The first-order chi connectivity index (χ1) is 11.8. The first-order valence-electron chi connectivity index (χ1n) is 7.45. The molecule has 4 nitrogen and oxygen atoms in total. The van der Waals surface area contributed by atoms with Crippen LogP contribution in [-0.2, 0) is 6.54 Å². The van der Waals surface area contributed by atoms with Crippen molar-refractivity contribution < 1.29 is 9.84 Å². The molecular formula is C19H20N2O2S. The molecule has 0 amide bonds. The smallest absolute Gasteiger partial charge is 0.130 e. The van der Waals surface area contributed by atoms with E-state index in [1.807, 2.05) is 60.7 Å². The summed E-state index contributed by atoms with van der Waals surface area (Å²) in [6, 6.07) is 19.6. The SMILES string of the molecule is CO.Sc1ccc(Oc2ccncc2)cc1CNc1ccccc1. The van der Waals surface area contributed by atoms with E-state index < -0.39 is 0 Å². The topological polar surface area (TPSA) is 54.4 Å². The number of aromatic nitrogens is 1. The molecule has 0 atom stereocenters. The molecule has 0 saturated carbocycles. The van der Waals surface area contributed by atoms with Crippen molar-refractivity contribution in [2.24, 2.45) is 0 Å². The molecule has 0 unspecified atom stereocenters. The molecule has 1 aromatic heterocycles. The Hall–Kier alpha value is -2.50. The number of hydrogen-bond donors (Lipinski definition) is 3. The van der Waals surface area contributed by atoms with Gasteiger partial charge in [0.25, 0.3) is 0 Å². The lowest BCUT2D eigenvalue weighted by Gasteiger charge is -2.11. The van der Waals surface area contributed by atoms with Crippen LogP contribution in [0.5, 0.6) is 11.5 Å². The van der Waals surface area contributed by atoms with Crippen molar-refractivity contribution in [3.63, 3.8) is 0 Å². The lowest BCUT2D eigenvalue weighted by Crippen LogP contribution is -2.00. The molecule has 1 heterocycles. The van der Waals surface area contributed by atoms with Crippen molar-refractivity contribution in [3.8, 4) is 11.5 Å². The van der Waals surface area contributed by atoms with Crippen LogP contribution in [-0.4, -0.2) is 17.2 Å². The molecule has 0 bridgehead atoms. The maximum absolute atomic E-state index is 7.00. The number of benzene rings is 2.